The molecule has 2 aromatic rings. The van der Waals surface area contributed by atoms with Crippen molar-refractivity contribution in [1.82, 2.24) is 15.2 Å². The summed E-state index contributed by atoms with van der Waals surface area (Å²) in [7, 11) is 0. The van der Waals surface area contributed by atoms with Crippen molar-refractivity contribution in [3.8, 4) is 0 Å². The molecule has 0 aliphatic rings. The van der Waals surface area contributed by atoms with E-state index < -0.39 is 0 Å². The molecule has 1 heterocycles. The van der Waals surface area contributed by atoms with Crippen LogP contribution < -0.4 is 11.3 Å². The molecule has 0 amide bonds. The van der Waals surface area contributed by atoms with Gasteiger partial charge in [-0.2, -0.15) is 5.10 Å². The molecule has 19 heavy (non-hydrogen) atoms. The van der Waals surface area contributed by atoms with Gasteiger partial charge in [-0.25, -0.2) is 0 Å². The first-order valence-corrected chi connectivity index (χ1v) is 7.88. The van der Waals surface area contributed by atoms with Gasteiger partial charge in [-0.3, -0.25) is 16.0 Å². The Hall–Kier alpha value is -0.820. The van der Waals surface area contributed by atoms with E-state index in [1.165, 1.54) is 4.90 Å². The van der Waals surface area contributed by atoms with E-state index in [9.17, 15) is 0 Å². The number of hydrazine groups is 1. The Morgan fingerprint density at radius 1 is 1.37 bits per heavy atom. The van der Waals surface area contributed by atoms with E-state index in [2.05, 4.69) is 45.5 Å². The van der Waals surface area contributed by atoms with E-state index in [0.717, 1.165) is 22.5 Å². The number of nitrogens with one attached hydrogen (secondary N) is 1. The average molecular weight is 341 g/mol. The molecule has 0 saturated carbocycles. The van der Waals surface area contributed by atoms with Crippen molar-refractivity contribution in [3.05, 3.63) is 46.7 Å². The van der Waals surface area contributed by atoms with E-state index in [1.54, 1.807) is 11.8 Å². The van der Waals surface area contributed by atoms with Crippen LogP contribution in [-0.4, -0.2) is 15.5 Å². The maximum Gasteiger partial charge on any atom is 0.0722 e. The first kappa shape index (κ1) is 14.6. The number of hydrogen-bond acceptors (Lipinski definition) is 4. The zero-order chi connectivity index (χ0) is 13.7. The van der Waals surface area contributed by atoms with Gasteiger partial charge in [-0.1, -0.05) is 15.9 Å². The second kappa shape index (κ2) is 7.09. The number of hydrogen-bond donors (Lipinski definition) is 2. The van der Waals surface area contributed by atoms with Crippen LogP contribution in [0.1, 0.15) is 18.7 Å². The van der Waals surface area contributed by atoms with E-state index in [1.807, 2.05) is 29.1 Å². The van der Waals surface area contributed by atoms with Crippen LogP contribution in [0.5, 0.6) is 0 Å². The Bertz CT molecular complexity index is 512. The normalized spacial score (nSPS) is 12.6. The van der Waals surface area contributed by atoms with E-state index in [-0.39, 0.29) is 6.04 Å². The second-order valence-electron chi connectivity index (χ2n) is 4.06. The van der Waals surface area contributed by atoms with Gasteiger partial charge in [0.2, 0.25) is 0 Å². The van der Waals surface area contributed by atoms with E-state index >= 15 is 0 Å². The minimum absolute atomic E-state index is 0.0936. The first-order valence-electron chi connectivity index (χ1n) is 6.10. The summed E-state index contributed by atoms with van der Waals surface area (Å²) < 4.78 is 3.06. The molecule has 0 saturated heterocycles. The fourth-order valence-electron chi connectivity index (χ4n) is 1.83. The van der Waals surface area contributed by atoms with Crippen molar-refractivity contribution in [2.45, 2.75) is 24.4 Å². The van der Waals surface area contributed by atoms with Crippen molar-refractivity contribution in [3.63, 3.8) is 0 Å². The molecule has 0 radical (unpaired) electrons. The molecular weight excluding hydrogens is 324 g/mol. The zero-order valence-corrected chi connectivity index (χ0v) is 13.1. The third-order valence-corrected chi connectivity index (χ3v) is 4.47. The summed E-state index contributed by atoms with van der Waals surface area (Å²) in [5.41, 5.74) is 3.99. The molecule has 0 spiro atoms. The van der Waals surface area contributed by atoms with Gasteiger partial charge in [0.05, 0.1) is 11.7 Å². The standard InChI is InChI=1S/C13H17BrN4S/c1-2-18-13(7-8-16-18)12(17-15)9-19-11-5-3-10(14)4-6-11/h3-8,12,17H,2,9,15H2,1H3. The minimum atomic E-state index is 0.0936. The highest BCUT2D eigenvalue weighted by molar-refractivity contribution is 9.10. The number of nitrogens with two attached hydrogens (primary N) is 1. The Kier molecular flexibility index (Phi) is 5.45. The molecule has 0 bridgehead atoms. The van der Waals surface area contributed by atoms with Crippen molar-refractivity contribution in [2.75, 3.05) is 5.75 Å². The fraction of sp³-hybridized carbons (Fsp3) is 0.308. The van der Waals surface area contributed by atoms with Gasteiger partial charge in [0.15, 0.2) is 0 Å². The predicted octanol–water partition coefficient (Wildman–Crippen LogP) is 2.96. The molecule has 102 valence electrons. The Morgan fingerprint density at radius 3 is 2.74 bits per heavy atom. The number of aromatic nitrogens is 2. The fourth-order valence-corrected chi connectivity index (χ4v) is 3.05. The molecule has 0 aliphatic carbocycles. The lowest BCUT2D eigenvalue weighted by atomic mass is 10.2. The molecule has 3 N–H and O–H groups in total. The average Bonchev–Trinajstić information content (AvgIpc) is 2.90. The highest BCUT2D eigenvalue weighted by Gasteiger charge is 2.14. The molecule has 6 heteroatoms. The smallest absolute Gasteiger partial charge is 0.0722 e. The molecule has 4 nitrogen and oxygen atoms in total. The van der Waals surface area contributed by atoms with E-state index in [0.29, 0.717) is 0 Å². The summed E-state index contributed by atoms with van der Waals surface area (Å²) in [5, 5.41) is 4.28. The lowest BCUT2D eigenvalue weighted by molar-refractivity contribution is 0.528. The Labute approximate surface area is 125 Å². The monoisotopic (exact) mass is 340 g/mol. The van der Waals surface area contributed by atoms with Gasteiger partial charge in [-0.15, -0.1) is 11.8 Å². The van der Waals surface area contributed by atoms with Gasteiger partial charge < -0.3 is 0 Å². The predicted molar refractivity (Wildman–Crippen MR) is 82.8 cm³/mol. The maximum absolute atomic E-state index is 5.66. The van der Waals surface area contributed by atoms with Gasteiger partial charge in [0, 0.05) is 27.9 Å². The molecule has 1 aromatic carbocycles. The highest BCUT2D eigenvalue weighted by Crippen LogP contribution is 2.25. The summed E-state index contributed by atoms with van der Waals surface area (Å²) in [6.45, 7) is 2.93. The Balaban J connectivity index is 2.02. The number of nitrogens with zero attached hydrogens (tertiary/aromatic N) is 2. The minimum Gasteiger partial charge on any atom is -0.271 e. The molecule has 0 aliphatic heterocycles. The SMILES string of the molecule is CCn1nccc1C(CSc1ccc(Br)cc1)NN. The lowest BCUT2D eigenvalue weighted by Crippen LogP contribution is -2.31. The van der Waals surface area contributed by atoms with Gasteiger partial charge in [0.1, 0.15) is 0 Å². The van der Waals surface area contributed by atoms with Crippen molar-refractivity contribution >= 4 is 27.7 Å². The summed E-state index contributed by atoms with van der Waals surface area (Å²) in [6, 6.07) is 10.4. The number of benzene rings is 1. The van der Waals surface area contributed by atoms with Crippen molar-refractivity contribution in [1.29, 1.82) is 0 Å². The maximum atomic E-state index is 5.66. The first-order chi connectivity index (χ1) is 9.24. The Morgan fingerprint density at radius 2 is 2.11 bits per heavy atom. The lowest BCUT2D eigenvalue weighted by Gasteiger charge is -2.16. The van der Waals surface area contributed by atoms with Crippen LogP contribution in [0.25, 0.3) is 0 Å². The third-order valence-electron chi connectivity index (χ3n) is 2.84. The zero-order valence-electron chi connectivity index (χ0n) is 10.7. The van der Waals surface area contributed by atoms with Crippen LogP contribution >= 0.6 is 27.7 Å². The number of aryl methyl sites for hydroxylation is 1. The van der Waals surface area contributed by atoms with Gasteiger partial charge in [0.25, 0.3) is 0 Å². The van der Waals surface area contributed by atoms with Crippen LogP contribution in [0.3, 0.4) is 0 Å². The van der Waals surface area contributed by atoms with E-state index in [4.69, 9.17) is 5.84 Å². The molecular formula is C13H17BrN4S. The van der Waals surface area contributed by atoms with Crippen LogP contribution in [0.4, 0.5) is 0 Å². The summed E-state index contributed by atoms with van der Waals surface area (Å²) in [4.78, 5) is 1.23. The quantitative estimate of drug-likeness (QED) is 0.482. The van der Waals surface area contributed by atoms with Crippen LogP contribution in [-0.2, 0) is 6.54 Å². The highest BCUT2D eigenvalue weighted by atomic mass is 79.9. The third kappa shape index (κ3) is 3.82. The number of halogens is 1. The molecule has 1 aromatic heterocycles. The van der Waals surface area contributed by atoms with Crippen molar-refractivity contribution < 1.29 is 0 Å². The van der Waals surface area contributed by atoms with Crippen LogP contribution in [0.15, 0.2) is 45.9 Å². The van der Waals surface area contributed by atoms with Gasteiger partial charge in [-0.05, 0) is 37.3 Å². The van der Waals surface area contributed by atoms with Crippen molar-refractivity contribution in [2.24, 2.45) is 5.84 Å². The molecule has 1 atom stereocenters. The van der Waals surface area contributed by atoms with Gasteiger partial charge >= 0.3 is 0 Å². The summed E-state index contributed by atoms with van der Waals surface area (Å²) in [5.74, 6) is 6.53. The second-order valence-corrected chi connectivity index (χ2v) is 6.07. The largest absolute Gasteiger partial charge is 0.271 e. The molecule has 0 fully saturated rings. The number of rotatable bonds is 6. The number of thioether (sulfide) groups is 1. The molecule has 1 unspecified atom stereocenters. The molecule has 2 rings (SSSR count). The van der Waals surface area contributed by atoms with Crippen LogP contribution in [0, 0.1) is 0 Å². The van der Waals surface area contributed by atoms with Crippen LogP contribution in [0.2, 0.25) is 0 Å². The summed E-state index contributed by atoms with van der Waals surface area (Å²) >= 11 is 5.21. The topological polar surface area (TPSA) is 55.9 Å². The summed E-state index contributed by atoms with van der Waals surface area (Å²) in [6.07, 6.45) is 1.81.